The fourth-order valence-corrected chi connectivity index (χ4v) is 3.30. The van der Waals surface area contributed by atoms with Crippen molar-refractivity contribution in [1.82, 2.24) is 5.32 Å². The number of rotatable bonds is 3. The standard InChI is InChI=1S/C16H22N2/c1-16(9-4-3-7-15(16)12-18-2)14-8-5-6-13(10-14)11-17/h5-6,8,10,15,18H,3-4,7,9,12H2,1-2H3. The molecule has 1 aliphatic rings. The molecule has 0 bridgehead atoms. The Morgan fingerprint density at radius 3 is 3.00 bits per heavy atom. The molecular formula is C16H22N2. The fraction of sp³-hybridized carbons (Fsp3) is 0.562. The van der Waals surface area contributed by atoms with Crippen molar-refractivity contribution < 1.29 is 0 Å². The molecule has 1 fully saturated rings. The highest BCUT2D eigenvalue weighted by Crippen LogP contribution is 2.43. The first-order chi connectivity index (χ1) is 8.70. The van der Waals surface area contributed by atoms with Crippen molar-refractivity contribution in [1.29, 1.82) is 5.26 Å². The zero-order valence-electron chi connectivity index (χ0n) is 11.4. The molecule has 0 radical (unpaired) electrons. The van der Waals surface area contributed by atoms with Crippen LogP contribution in [-0.4, -0.2) is 13.6 Å². The zero-order valence-corrected chi connectivity index (χ0v) is 11.4. The van der Waals surface area contributed by atoms with Gasteiger partial charge in [0.2, 0.25) is 0 Å². The van der Waals surface area contributed by atoms with Gasteiger partial charge in [-0.05, 0) is 55.5 Å². The van der Waals surface area contributed by atoms with E-state index < -0.39 is 0 Å². The summed E-state index contributed by atoms with van der Waals surface area (Å²) in [7, 11) is 2.03. The second kappa shape index (κ2) is 5.54. The summed E-state index contributed by atoms with van der Waals surface area (Å²) in [5.41, 5.74) is 2.33. The summed E-state index contributed by atoms with van der Waals surface area (Å²) in [5, 5.41) is 12.4. The summed E-state index contributed by atoms with van der Waals surface area (Å²) < 4.78 is 0. The van der Waals surface area contributed by atoms with Gasteiger partial charge in [-0.1, -0.05) is 31.9 Å². The van der Waals surface area contributed by atoms with Crippen LogP contribution < -0.4 is 5.32 Å². The first-order valence-corrected chi connectivity index (χ1v) is 6.86. The fourth-order valence-electron chi connectivity index (χ4n) is 3.30. The van der Waals surface area contributed by atoms with Crippen LogP contribution in [0.2, 0.25) is 0 Å². The molecule has 0 heterocycles. The Hall–Kier alpha value is -1.33. The minimum atomic E-state index is 0.216. The van der Waals surface area contributed by atoms with Gasteiger partial charge in [0.25, 0.3) is 0 Å². The summed E-state index contributed by atoms with van der Waals surface area (Å²) in [5.74, 6) is 0.671. The van der Waals surface area contributed by atoms with Crippen LogP contribution in [0.25, 0.3) is 0 Å². The molecule has 2 rings (SSSR count). The van der Waals surface area contributed by atoms with Crippen molar-refractivity contribution in [2.75, 3.05) is 13.6 Å². The Kier molecular flexibility index (Phi) is 4.04. The minimum Gasteiger partial charge on any atom is -0.319 e. The van der Waals surface area contributed by atoms with Crippen molar-refractivity contribution in [3.8, 4) is 6.07 Å². The highest BCUT2D eigenvalue weighted by molar-refractivity contribution is 5.37. The van der Waals surface area contributed by atoms with Crippen molar-refractivity contribution in [2.24, 2.45) is 5.92 Å². The molecule has 0 amide bonds. The summed E-state index contributed by atoms with van der Waals surface area (Å²) in [6.45, 7) is 3.43. The monoisotopic (exact) mass is 242 g/mol. The van der Waals surface area contributed by atoms with E-state index in [1.807, 2.05) is 19.2 Å². The van der Waals surface area contributed by atoms with E-state index in [0.717, 1.165) is 12.1 Å². The highest BCUT2D eigenvalue weighted by Gasteiger charge is 2.37. The number of hydrogen-bond donors (Lipinski definition) is 1. The maximum absolute atomic E-state index is 9.05. The highest BCUT2D eigenvalue weighted by atomic mass is 14.8. The van der Waals surface area contributed by atoms with Crippen LogP contribution in [-0.2, 0) is 5.41 Å². The lowest BCUT2D eigenvalue weighted by molar-refractivity contribution is 0.201. The minimum absolute atomic E-state index is 0.216. The summed E-state index contributed by atoms with van der Waals surface area (Å²) in [6.07, 6.45) is 5.15. The van der Waals surface area contributed by atoms with Crippen LogP contribution in [0, 0.1) is 17.2 Å². The summed E-state index contributed by atoms with van der Waals surface area (Å²) in [6, 6.07) is 10.4. The van der Waals surface area contributed by atoms with Crippen LogP contribution in [0.5, 0.6) is 0 Å². The molecule has 1 N–H and O–H groups in total. The van der Waals surface area contributed by atoms with E-state index in [1.54, 1.807) is 0 Å². The van der Waals surface area contributed by atoms with Crippen LogP contribution in [0.15, 0.2) is 24.3 Å². The molecule has 2 heteroatoms. The van der Waals surface area contributed by atoms with Gasteiger partial charge in [-0.3, -0.25) is 0 Å². The van der Waals surface area contributed by atoms with E-state index in [2.05, 4.69) is 30.4 Å². The molecule has 18 heavy (non-hydrogen) atoms. The van der Waals surface area contributed by atoms with Crippen molar-refractivity contribution in [3.63, 3.8) is 0 Å². The molecule has 2 unspecified atom stereocenters. The van der Waals surface area contributed by atoms with Gasteiger partial charge >= 0.3 is 0 Å². The number of nitrogens with zero attached hydrogens (tertiary/aromatic N) is 1. The third kappa shape index (κ3) is 2.42. The maximum Gasteiger partial charge on any atom is 0.0991 e. The van der Waals surface area contributed by atoms with Gasteiger partial charge in [0.15, 0.2) is 0 Å². The van der Waals surface area contributed by atoms with Crippen molar-refractivity contribution >= 4 is 0 Å². The summed E-state index contributed by atoms with van der Waals surface area (Å²) in [4.78, 5) is 0. The van der Waals surface area contributed by atoms with Gasteiger partial charge in [0, 0.05) is 0 Å². The average molecular weight is 242 g/mol. The molecule has 1 aliphatic carbocycles. The Balaban J connectivity index is 2.34. The van der Waals surface area contributed by atoms with Gasteiger partial charge < -0.3 is 5.32 Å². The smallest absolute Gasteiger partial charge is 0.0991 e. The molecule has 96 valence electrons. The topological polar surface area (TPSA) is 35.8 Å². The van der Waals surface area contributed by atoms with Gasteiger partial charge in [-0.2, -0.15) is 5.26 Å². The zero-order chi connectivity index (χ0) is 13.0. The van der Waals surface area contributed by atoms with E-state index in [0.29, 0.717) is 5.92 Å². The molecule has 0 spiro atoms. The van der Waals surface area contributed by atoms with Crippen molar-refractivity contribution in [3.05, 3.63) is 35.4 Å². The van der Waals surface area contributed by atoms with E-state index in [-0.39, 0.29) is 5.41 Å². The van der Waals surface area contributed by atoms with Crippen LogP contribution in [0.3, 0.4) is 0 Å². The van der Waals surface area contributed by atoms with Gasteiger partial charge in [-0.15, -0.1) is 0 Å². The molecule has 2 atom stereocenters. The largest absolute Gasteiger partial charge is 0.319 e. The Bertz CT molecular complexity index is 445. The predicted molar refractivity (Wildman–Crippen MR) is 74.4 cm³/mol. The van der Waals surface area contributed by atoms with Crippen LogP contribution in [0.1, 0.15) is 43.7 Å². The molecule has 0 saturated heterocycles. The molecule has 0 aliphatic heterocycles. The first kappa shape index (κ1) is 13.1. The molecule has 0 aromatic heterocycles. The Morgan fingerprint density at radius 2 is 2.28 bits per heavy atom. The lowest BCUT2D eigenvalue weighted by atomic mass is 9.63. The normalized spacial score (nSPS) is 27.7. The van der Waals surface area contributed by atoms with E-state index in [4.69, 9.17) is 5.26 Å². The van der Waals surface area contributed by atoms with Gasteiger partial charge in [-0.25, -0.2) is 0 Å². The second-order valence-corrected chi connectivity index (χ2v) is 5.61. The van der Waals surface area contributed by atoms with E-state index in [1.165, 1.54) is 31.2 Å². The van der Waals surface area contributed by atoms with Gasteiger partial charge in [0.05, 0.1) is 11.6 Å². The second-order valence-electron chi connectivity index (χ2n) is 5.61. The van der Waals surface area contributed by atoms with Crippen LogP contribution in [0.4, 0.5) is 0 Å². The Morgan fingerprint density at radius 1 is 1.44 bits per heavy atom. The van der Waals surface area contributed by atoms with Crippen molar-refractivity contribution in [2.45, 2.75) is 38.0 Å². The first-order valence-electron chi connectivity index (χ1n) is 6.86. The molecule has 2 nitrogen and oxygen atoms in total. The van der Waals surface area contributed by atoms with E-state index in [9.17, 15) is 0 Å². The third-order valence-corrected chi connectivity index (χ3v) is 4.50. The number of nitriles is 1. The third-order valence-electron chi connectivity index (χ3n) is 4.50. The average Bonchev–Trinajstić information content (AvgIpc) is 2.42. The van der Waals surface area contributed by atoms with E-state index >= 15 is 0 Å². The SMILES string of the molecule is CNCC1CCCCC1(C)c1cccc(C#N)c1. The number of benzene rings is 1. The molecule has 1 saturated carbocycles. The molecule has 1 aromatic carbocycles. The van der Waals surface area contributed by atoms with Gasteiger partial charge in [0.1, 0.15) is 0 Å². The number of hydrogen-bond acceptors (Lipinski definition) is 2. The predicted octanol–water partition coefficient (Wildman–Crippen LogP) is 3.23. The lowest BCUT2D eigenvalue weighted by Crippen LogP contribution is -2.40. The van der Waals surface area contributed by atoms with Crippen LogP contribution >= 0.6 is 0 Å². The number of nitrogens with one attached hydrogen (secondary N) is 1. The maximum atomic E-state index is 9.05. The Labute approximate surface area is 110 Å². The molecular weight excluding hydrogens is 220 g/mol. The lowest BCUT2D eigenvalue weighted by Gasteiger charge is -2.42. The quantitative estimate of drug-likeness (QED) is 0.883. The summed E-state index contributed by atoms with van der Waals surface area (Å²) >= 11 is 0. The molecule has 1 aromatic rings.